The van der Waals surface area contributed by atoms with Crippen LogP contribution < -0.4 is 11.1 Å². The molecule has 1 amide bonds. The number of nitrogens with two attached hydrogens (primary N) is 1. The molecule has 1 heterocycles. The molecule has 0 spiro atoms. The Hall–Kier alpha value is -1.31. The van der Waals surface area contributed by atoms with Crippen LogP contribution in [0.2, 0.25) is 0 Å². The van der Waals surface area contributed by atoms with Gasteiger partial charge in [-0.05, 0) is 37.5 Å². The molecule has 26 heavy (non-hydrogen) atoms. The topological polar surface area (TPSA) is 64.4 Å². The number of alkyl halides is 3. The fraction of sp³-hybridized carbons (Fsp3) is 0.611. The lowest BCUT2D eigenvalue weighted by Crippen LogP contribution is -2.81. The van der Waals surface area contributed by atoms with Gasteiger partial charge in [0.15, 0.2) is 0 Å². The third-order valence-corrected chi connectivity index (χ3v) is 5.86. The van der Waals surface area contributed by atoms with E-state index in [4.69, 9.17) is 10.5 Å². The van der Waals surface area contributed by atoms with E-state index in [0.717, 1.165) is 18.9 Å². The van der Waals surface area contributed by atoms with E-state index in [-0.39, 0.29) is 35.7 Å². The van der Waals surface area contributed by atoms with Gasteiger partial charge >= 0.3 is 6.18 Å². The number of hydrogen-bond acceptors (Lipinski definition) is 3. The van der Waals surface area contributed by atoms with Crippen LogP contribution in [0.15, 0.2) is 18.2 Å². The predicted octanol–water partition coefficient (Wildman–Crippen LogP) is 3.91. The highest BCUT2D eigenvalue weighted by atomic mass is 35.5. The first-order valence-electron chi connectivity index (χ1n) is 8.39. The standard InChI is InChI=1S/C18H23F3N2O2.ClH/c1-10-6-7-11(9-13(10)18(19,20)21)23-15(24)17(22)12-5-4-8-25-14(12)16(17,2)3;/h6-7,9,12,14H,4-5,8,22H2,1-3H3,(H,23,24);1H. The number of ether oxygens (including phenoxy) is 1. The van der Waals surface area contributed by atoms with Crippen molar-refractivity contribution in [1.82, 2.24) is 0 Å². The molecule has 1 aliphatic heterocycles. The third kappa shape index (κ3) is 3.00. The summed E-state index contributed by atoms with van der Waals surface area (Å²) >= 11 is 0. The van der Waals surface area contributed by atoms with Crippen molar-refractivity contribution in [2.45, 2.75) is 51.4 Å². The molecule has 0 aromatic heterocycles. The molecule has 3 N–H and O–H groups in total. The molecule has 4 nitrogen and oxygen atoms in total. The van der Waals surface area contributed by atoms with E-state index in [1.807, 2.05) is 13.8 Å². The van der Waals surface area contributed by atoms with Crippen LogP contribution >= 0.6 is 12.4 Å². The maximum absolute atomic E-state index is 13.1. The van der Waals surface area contributed by atoms with Crippen molar-refractivity contribution < 1.29 is 22.7 Å². The summed E-state index contributed by atoms with van der Waals surface area (Å²) in [6.07, 6.45) is -2.96. The number of benzene rings is 1. The van der Waals surface area contributed by atoms with Crippen LogP contribution in [-0.2, 0) is 15.7 Å². The van der Waals surface area contributed by atoms with Crippen LogP contribution in [0.25, 0.3) is 0 Å². The summed E-state index contributed by atoms with van der Waals surface area (Å²) in [4.78, 5) is 12.9. The molecular weight excluding hydrogens is 369 g/mol. The smallest absolute Gasteiger partial charge is 0.377 e. The first-order valence-corrected chi connectivity index (χ1v) is 8.39. The van der Waals surface area contributed by atoms with E-state index in [0.29, 0.717) is 6.61 Å². The Bertz CT molecular complexity index is 708. The monoisotopic (exact) mass is 392 g/mol. The Labute approximate surface area is 157 Å². The Morgan fingerprint density at radius 1 is 1.35 bits per heavy atom. The zero-order valence-electron chi connectivity index (χ0n) is 14.9. The summed E-state index contributed by atoms with van der Waals surface area (Å²) in [6, 6.07) is 3.77. The highest BCUT2D eigenvalue weighted by molar-refractivity contribution is 6.00. The Morgan fingerprint density at radius 2 is 2.00 bits per heavy atom. The molecule has 3 rings (SSSR count). The Morgan fingerprint density at radius 3 is 2.62 bits per heavy atom. The first kappa shape index (κ1) is 21.0. The first-order chi connectivity index (χ1) is 11.5. The molecule has 1 saturated carbocycles. The van der Waals surface area contributed by atoms with Crippen molar-refractivity contribution in [2.75, 3.05) is 11.9 Å². The van der Waals surface area contributed by atoms with Crippen molar-refractivity contribution in [1.29, 1.82) is 0 Å². The summed E-state index contributed by atoms with van der Waals surface area (Å²) in [5.74, 6) is -0.579. The molecule has 0 radical (unpaired) electrons. The summed E-state index contributed by atoms with van der Waals surface area (Å²) < 4.78 is 45.0. The van der Waals surface area contributed by atoms with Crippen LogP contribution in [0.4, 0.5) is 18.9 Å². The highest BCUT2D eigenvalue weighted by Gasteiger charge is 2.70. The van der Waals surface area contributed by atoms with Crippen molar-refractivity contribution in [3.05, 3.63) is 29.3 Å². The van der Waals surface area contributed by atoms with Crippen LogP contribution in [-0.4, -0.2) is 24.2 Å². The number of aryl methyl sites for hydroxylation is 1. The summed E-state index contributed by atoms with van der Waals surface area (Å²) in [5.41, 5.74) is 4.17. The maximum atomic E-state index is 13.1. The lowest BCUT2D eigenvalue weighted by atomic mass is 9.46. The molecule has 2 aliphatic rings. The van der Waals surface area contributed by atoms with E-state index >= 15 is 0 Å². The van der Waals surface area contributed by atoms with Crippen LogP contribution in [0.1, 0.15) is 37.8 Å². The highest BCUT2D eigenvalue weighted by Crippen LogP contribution is 2.57. The Kier molecular flexibility index (Phi) is 5.40. The molecule has 3 unspecified atom stereocenters. The van der Waals surface area contributed by atoms with Gasteiger partial charge in [-0.25, -0.2) is 0 Å². The molecule has 1 aliphatic carbocycles. The van der Waals surface area contributed by atoms with Crippen LogP contribution in [0, 0.1) is 18.3 Å². The van der Waals surface area contributed by atoms with E-state index in [1.54, 1.807) is 0 Å². The second-order valence-corrected chi connectivity index (χ2v) is 7.61. The number of anilines is 1. The molecule has 0 bridgehead atoms. The fourth-order valence-electron chi connectivity index (χ4n) is 4.28. The number of halogens is 4. The second-order valence-electron chi connectivity index (χ2n) is 7.61. The number of hydrogen-bond donors (Lipinski definition) is 2. The molecule has 3 atom stereocenters. The number of rotatable bonds is 2. The fourth-order valence-corrected chi connectivity index (χ4v) is 4.28. The van der Waals surface area contributed by atoms with Gasteiger partial charge in [-0.1, -0.05) is 19.9 Å². The third-order valence-electron chi connectivity index (χ3n) is 5.86. The summed E-state index contributed by atoms with van der Waals surface area (Å²) in [5, 5.41) is 2.59. The average Bonchev–Trinajstić information content (AvgIpc) is 2.54. The molecule has 2 fully saturated rings. The van der Waals surface area contributed by atoms with Gasteiger partial charge in [-0.15, -0.1) is 12.4 Å². The zero-order chi connectivity index (χ0) is 18.6. The zero-order valence-corrected chi connectivity index (χ0v) is 15.8. The van der Waals surface area contributed by atoms with Gasteiger partial charge in [0.25, 0.3) is 0 Å². The number of amides is 1. The SMILES string of the molecule is Cc1ccc(NC(=O)C2(N)C3CCCOC3C2(C)C)cc1C(F)(F)F.Cl. The molecule has 1 aromatic carbocycles. The van der Waals surface area contributed by atoms with Gasteiger partial charge in [0.2, 0.25) is 5.91 Å². The second kappa shape index (κ2) is 6.69. The summed E-state index contributed by atoms with van der Waals surface area (Å²) in [6.45, 7) is 5.78. The normalized spacial score (nSPS) is 29.8. The van der Waals surface area contributed by atoms with Gasteiger partial charge < -0.3 is 15.8 Å². The number of nitrogens with one attached hydrogen (secondary N) is 1. The molecule has 1 saturated heterocycles. The Balaban J connectivity index is 0.00000243. The average molecular weight is 393 g/mol. The van der Waals surface area contributed by atoms with Gasteiger partial charge in [-0.3, -0.25) is 4.79 Å². The maximum Gasteiger partial charge on any atom is 0.416 e. The molecule has 1 aromatic rings. The predicted molar refractivity (Wildman–Crippen MR) is 95.2 cm³/mol. The van der Waals surface area contributed by atoms with Gasteiger partial charge in [0.1, 0.15) is 5.54 Å². The van der Waals surface area contributed by atoms with Crippen molar-refractivity contribution in [3.63, 3.8) is 0 Å². The van der Waals surface area contributed by atoms with Crippen molar-refractivity contribution >= 4 is 24.0 Å². The van der Waals surface area contributed by atoms with Gasteiger partial charge in [-0.2, -0.15) is 13.2 Å². The minimum absolute atomic E-state index is 0. The quantitative estimate of drug-likeness (QED) is 0.802. The van der Waals surface area contributed by atoms with Gasteiger partial charge in [0.05, 0.1) is 11.7 Å². The number of carbonyl (C=O) groups is 1. The minimum atomic E-state index is -4.47. The minimum Gasteiger partial charge on any atom is -0.377 e. The molecule has 8 heteroatoms. The van der Waals surface area contributed by atoms with Gasteiger partial charge in [0, 0.05) is 23.6 Å². The lowest BCUT2D eigenvalue weighted by molar-refractivity contribution is -0.222. The molecular formula is C18H24ClF3N2O2. The van der Waals surface area contributed by atoms with Crippen LogP contribution in [0.3, 0.4) is 0 Å². The largest absolute Gasteiger partial charge is 0.416 e. The van der Waals surface area contributed by atoms with Crippen molar-refractivity contribution in [2.24, 2.45) is 17.1 Å². The number of carbonyl (C=O) groups excluding carboxylic acids is 1. The van der Waals surface area contributed by atoms with E-state index in [1.165, 1.54) is 19.1 Å². The van der Waals surface area contributed by atoms with E-state index in [2.05, 4.69) is 5.32 Å². The summed E-state index contributed by atoms with van der Waals surface area (Å²) in [7, 11) is 0. The van der Waals surface area contributed by atoms with E-state index < -0.39 is 28.6 Å². The number of fused-ring (bicyclic) bond motifs is 1. The van der Waals surface area contributed by atoms with Crippen molar-refractivity contribution in [3.8, 4) is 0 Å². The molecule has 146 valence electrons. The lowest BCUT2D eigenvalue weighted by Gasteiger charge is -2.65. The van der Waals surface area contributed by atoms with Crippen LogP contribution in [0.5, 0.6) is 0 Å². The van der Waals surface area contributed by atoms with E-state index in [9.17, 15) is 18.0 Å².